The quantitative estimate of drug-likeness (QED) is 0.703. The van der Waals surface area contributed by atoms with Crippen LogP contribution in [-0.2, 0) is 18.0 Å². The van der Waals surface area contributed by atoms with E-state index in [9.17, 15) is 0 Å². The summed E-state index contributed by atoms with van der Waals surface area (Å²) < 4.78 is 7.43. The molecule has 0 atom stereocenters. The van der Waals surface area contributed by atoms with E-state index in [4.69, 9.17) is 27.9 Å². The Morgan fingerprint density at radius 1 is 1.05 bits per heavy atom. The van der Waals surface area contributed by atoms with Crippen molar-refractivity contribution in [2.45, 2.75) is 13.2 Å². The van der Waals surface area contributed by atoms with Crippen LogP contribution in [0.25, 0.3) is 17.1 Å². The molecule has 1 aliphatic heterocycles. The van der Waals surface area contributed by atoms with E-state index in [1.807, 2.05) is 16.8 Å². The van der Waals surface area contributed by atoms with Crippen molar-refractivity contribution in [3.63, 3.8) is 0 Å². The van der Waals surface area contributed by atoms with Crippen molar-refractivity contribution in [1.29, 1.82) is 0 Å². The number of hydrogen-bond donors (Lipinski definition) is 0. The van der Waals surface area contributed by atoms with Crippen molar-refractivity contribution >= 4 is 23.2 Å². The zero-order valence-corrected chi connectivity index (χ0v) is 13.0. The van der Waals surface area contributed by atoms with Gasteiger partial charge in [-0.15, -0.1) is 0 Å². The zero-order valence-electron chi connectivity index (χ0n) is 11.5. The number of rotatable bonds is 2. The van der Waals surface area contributed by atoms with E-state index < -0.39 is 0 Å². The fourth-order valence-electron chi connectivity index (χ4n) is 2.63. The first-order chi connectivity index (χ1) is 10.7. The Hall–Kier alpha value is -1.88. The Kier molecular flexibility index (Phi) is 3.37. The molecule has 4 rings (SSSR count). The molecule has 0 unspecified atom stereocenters. The molecule has 1 aliphatic rings. The molecule has 0 radical (unpaired) electrons. The summed E-state index contributed by atoms with van der Waals surface area (Å²) in [4.78, 5) is 8.40. The van der Waals surface area contributed by atoms with E-state index in [1.54, 1.807) is 18.6 Å². The summed E-state index contributed by atoms with van der Waals surface area (Å²) in [5.41, 5.74) is 4.11. The normalized spacial score (nSPS) is 13.4. The Labute approximate surface area is 137 Å². The number of hydrogen-bond acceptors (Lipinski definition) is 3. The maximum absolute atomic E-state index is 6.25. The second kappa shape index (κ2) is 5.39. The molecule has 110 valence electrons. The molecular weight excluding hydrogens is 321 g/mol. The summed E-state index contributed by atoms with van der Waals surface area (Å²) in [6.07, 6.45) is 6.75. The molecule has 0 amide bonds. The van der Waals surface area contributed by atoms with Crippen LogP contribution in [0.1, 0.15) is 11.1 Å². The van der Waals surface area contributed by atoms with Crippen LogP contribution in [0, 0.1) is 0 Å². The predicted molar refractivity (Wildman–Crippen MR) is 85.3 cm³/mol. The minimum absolute atomic E-state index is 0.476. The highest BCUT2D eigenvalue weighted by Crippen LogP contribution is 2.34. The first-order valence-corrected chi connectivity index (χ1v) is 7.52. The molecule has 1 aromatic carbocycles. The van der Waals surface area contributed by atoms with Gasteiger partial charge in [0.2, 0.25) is 0 Å². The van der Waals surface area contributed by atoms with Gasteiger partial charge in [0.1, 0.15) is 5.82 Å². The fraction of sp³-hybridized carbons (Fsp3) is 0.125. The van der Waals surface area contributed by atoms with Crippen LogP contribution in [0.5, 0.6) is 0 Å². The van der Waals surface area contributed by atoms with Gasteiger partial charge in [0.15, 0.2) is 0 Å². The highest BCUT2D eigenvalue weighted by Gasteiger charge is 2.17. The van der Waals surface area contributed by atoms with Gasteiger partial charge in [-0.25, -0.2) is 4.98 Å². The summed E-state index contributed by atoms with van der Waals surface area (Å²) in [5.74, 6) is 0.691. The summed E-state index contributed by atoms with van der Waals surface area (Å²) in [7, 11) is 0. The van der Waals surface area contributed by atoms with Crippen LogP contribution < -0.4 is 0 Å². The molecule has 0 bridgehead atoms. The summed E-state index contributed by atoms with van der Waals surface area (Å²) in [6, 6.07) is 6.23. The van der Waals surface area contributed by atoms with E-state index in [2.05, 4.69) is 22.1 Å². The molecule has 3 heterocycles. The number of imidazole rings is 1. The highest BCUT2D eigenvalue weighted by molar-refractivity contribution is 6.38. The van der Waals surface area contributed by atoms with Crippen LogP contribution in [0.3, 0.4) is 0 Å². The molecule has 3 aromatic rings. The smallest absolute Gasteiger partial charge is 0.147 e. The lowest BCUT2D eigenvalue weighted by molar-refractivity contribution is 0.134. The van der Waals surface area contributed by atoms with Gasteiger partial charge >= 0.3 is 0 Å². The Morgan fingerprint density at radius 3 is 2.64 bits per heavy atom. The molecular formula is C16H11Cl2N3O. The third-order valence-electron chi connectivity index (χ3n) is 3.70. The number of nitrogens with zero attached hydrogens (tertiary/aromatic N) is 3. The van der Waals surface area contributed by atoms with Crippen molar-refractivity contribution in [3.05, 3.63) is 64.2 Å². The van der Waals surface area contributed by atoms with Gasteiger partial charge in [-0.2, -0.15) is 0 Å². The van der Waals surface area contributed by atoms with Gasteiger partial charge in [0.05, 0.1) is 28.8 Å². The van der Waals surface area contributed by atoms with Crippen molar-refractivity contribution < 1.29 is 4.74 Å². The number of ether oxygens (including phenoxy) is 1. The molecule has 0 spiro atoms. The van der Waals surface area contributed by atoms with Crippen molar-refractivity contribution in [2.24, 2.45) is 0 Å². The zero-order chi connectivity index (χ0) is 15.1. The molecule has 2 aromatic heterocycles. The standard InChI is InChI=1S/C16H11Cl2N3O/c17-13-6-19-7-14(18)15(13)16-20-3-4-21(16)12-2-1-10-8-22-9-11(10)5-12/h1-7H,8-9H2. The lowest BCUT2D eigenvalue weighted by atomic mass is 10.1. The van der Waals surface area contributed by atoms with Crippen LogP contribution in [0.15, 0.2) is 43.0 Å². The number of aromatic nitrogens is 3. The largest absolute Gasteiger partial charge is 0.372 e. The van der Waals surface area contributed by atoms with Crippen LogP contribution >= 0.6 is 23.2 Å². The minimum Gasteiger partial charge on any atom is -0.372 e. The van der Waals surface area contributed by atoms with Gasteiger partial charge in [-0.3, -0.25) is 9.55 Å². The van der Waals surface area contributed by atoms with E-state index >= 15 is 0 Å². The third-order valence-corrected chi connectivity index (χ3v) is 4.27. The number of pyridine rings is 1. The van der Waals surface area contributed by atoms with Gasteiger partial charge in [-0.1, -0.05) is 29.3 Å². The summed E-state index contributed by atoms with van der Waals surface area (Å²) in [6.45, 7) is 1.32. The molecule has 0 saturated heterocycles. The molecule has 4 nitrogen and oxygen atoms in total. The topological polar surface area (TPSA) is 39.9 Å². The SMILES string of the molecule is Clc1cncc(Cl)c1-c1nccn1-c1ccc2c(c1)COC2. The van der Waals surface area contributed by atoms with Crippen molar-refractivity contribution in [1.82, 2.24) is 14.5 Å². The predicted octanol–water partition coefficient (Wildman–Crippen LogP) is 4.27. The monoisotopic (exact) mass is 331 g/mol. The van der Waals surface area contributed by atoms with E-state index in [0.717, 1.165) is 5.69 Å². The second-order valence-electron chi connectivity index (χ2n) is 5.04. The van der Waals surface area contributed by atoms with Gasteiger partial charge in [0, 0.05) is 30.5 Å². The molecule has 0 fully saturated rings. The summed E-state index contributed by atoms with van der Waals surface area (Å²) >= 11 is 12.5. The average molecular weight is 332 g/mol. The number of benzene rings is 1. The first-order valence-electron chi connectivity index (χ1n) is 6.76. The second-order valence-corrected chi connectivity index (χ2v) is 5.86. The fourth-order valence-corrected chi connectivity index (χ4v) is 3.16. The molecule has 0 N–H and O–H groups in total. The van der Waals surface area contributed by atoms with Crippen LogP contribution in [0.4, 0.5) is 0 Å². The number of halogens is 2. The third kappa shape index (κ3) is 2.20. The molecule has 0 aliphatic carbocycles. The Morgan fingerprint density at radius 2 is 1.82 bits per heavy atom. The van der Waals surface area contributed by atoms with Crippen LogP contribution in [0.2, 0.25) is 10.0 Å². The lowest BCUT2D eigenvalue weighted by Crippen LogP contribution is -1.99. The van der Waals surface area contributed by atoms with E-state index in [-0.39, 0.29) is 0 Å². The van der Waals surface area contributed by atoms with Gasteiger partial charge in [0.25, 0.3) is 0 Å². The molecule has 0 saturated carbocycles. The molecule has 22 heavy (non-hydrogen) atoms. The van der Waals surface area contributed by atoms with Crippen LogP contribution in [-0.4, -0.2) is 14.5 Å². The Bertz CT molecular complexity index is 840. The first kappa shape index (κ1) is 13.8. The molecule has 6 heteroatoms. The highest BCUT2D eigenvalue weighted by atomic mass is 35.5. The van der Waals surface area contributed by atoms with Crippen molar-refractivity contribution in [3.8, 4) is 17.1 Å². The Balaban J connectivity index is 1.87. The average Bonchev–Trinajstić information content (AvgIpc) is 3.15. The maximum atomic E-state index is 6.25. The van der Waals surface area contributed by atoms with Crippen molar-refractivity contribution in [2.75, 3.05) is 0 Å². The van der Waals surface area contributed by atoms with E-state index in [1.165, 1.54) is 11.1 Å². The maximum Gasteiger partial charge on any atom is 0.147 e. The lowest BCUT2D eigenvalue weighted by Gasteiger charge is -2.11. The minimum atomic E-state index is 0.476. The summed E-state index contributed by atoms with van der Waals surface area (Å²) in [5, 5.41) is 0.953. The van der Waals surface area contributed by atoms with Gasteiger partial charge < -0.3 is 4.74 Å². The van der Waals surface area contributed by atoms with Gasteiger partial charge in [-0.05, 0) is 23.3 Å². The number of fused-ring (bicyclic) bond motifs is 1. The van der Waals surface area contributed by atoms with E-state index in [0.29, 0.717) is 34.6 Å².